The number of benzene rings is 8. The second-order valence-corrected chi connectivity index (χ2v) is 15.1. The maximum absolute atomic E-state index is 6.72. The summed E-state index contributed by atoms with van der Waals surface area (Å²) in [7, 11) is 0. The van der Waals surface area contributed by atoms with Gasteiger partial charge < -0.3 is 9.32 Å². The van der Waals surface area contributed by atoms with Gasteiger partial charge in [0, 0.05) is 60.4 Å². The fraction of sp³-hybridized carbons (Fsp3) is 0. The average Bonchev–Trinajstić information content (AvgIpc) is 3.86. The summed E-state index contributed by atoms with van der Waals surface area (Å²) >= 11 is 1.83. The van der Waals surface area contributed by atoms with E-state index in [2.05, 4.69) is 132 Å². The lowest BCUT2D eigenvalue weighted by Crippen LogP contribution is -2.10. The normalized spacial score (nSPS) is 11.5. The van der Waals surface area contributed by atoms with Gasteiger partial charge >= 0.3 is 0 Å². The van der Waals surface area contributed by atoms with Crippen LogP contribution >= 0.6 is 11.3 Å². The first-order chi connectivity index (χ1) is 28.2. The Hall–Kier alpha value is -7.41. The highest BCUT2D eigenvalue weighted by Crippen LogP contribution is 2.46. The van der Waals surface area contributed by atoms with Crippen LogP contribution in [0.3, 0.4) is 0 Å². The first kappa shape index (κ1) is 33.0. The Morgan fingerprint density at radius 1 is 0.368 bits per heavy atom. The van der Waals surface area contributed by atoms with Crippen LogP contribution in [-0.4, -0.2) is 15.0 Å². The first-order valence-electron chi connectivity index (χ1n) is 18.9. The van der Waals surface area contributed by atoms with Crippen LogP contribution in [0.2, 0.25) is 0 Å². The molecule has 0 fully saturated rings. The van der Waals surface area contributed by atoms with Gasteiger partial charge in [-0.15, -0.1) is 11.3 Å². The van der Waals surface area contributed by atoms with Crippen LogP contribution in [0, 0.1) is 0 Å². The number of hydrogen-bond acceptors (Lipinski definition) is 6. The Morgan fingerprint density at radius 3 is 1.56 bits per heavy atom. The van der Waals surface area contributed by atoms with E-state index in [1.165, 1.54) is 31.3 Å². The van der Waals surface area contributed by atoms with Crippen molar-refractivity contribution in [1.82, 2.24) is 15.0 Å². The molecule has 11 aromatic rings. The molecule has 0 unspecified atom stereocenters. The molecule has 0 amide bonds. The Kier molecular flexibility index (Phi) is 7.93. The van der Waals surface area contributed by atoms with Gasteiger partial charge in [0.2, 0.25) is 0 Å². The number of aromatic nitrogens is 3. The molecule has 0 aliphatic carbocycles. The molecule has 3 heterocycles. The minimum Gasteiger partial charge on any atom is -0.456 e. The summed E-state index contributed by atoms with van der Waals surface area (Å²) in [5, 5.41) is 4.60. The molecule has 0 aliphatic heterocycles. The summed E-state index contributed by atoms with van der Waals surface area (Å²) in [6.45, 7) is 0. The molecule has 0 N–H and O–H groups in total. The molecule has 57 heavy (non-hydrogen) atoms. The number of fused-ring (bicyclic) bond motifs is 6. The molecule has 0 spiro atoms. The van der Waals surface area contributed by atoms with Crippen molar-refractivity contribution >= 4 is 70.5 Å². The van der Waals surface area contributed by atoms with Gasteiger partial charge in [-0.05, 0) is 59.7 Å². The van der Waals surface area contributed by atoms with Crippen LogP contribution in [0.15, 0.2) is 199 Å². The largest absolute Gasteiger partial charge is 0.456 e. The van der Waals surface area contributed by atoms with Crippen molar-refractivity contribution in [3.05, 3.63) is 194 Å². The lowest BCUT2D eigenvalue weighted by atomic mass is 10.0. The lowest BCUT2D eigenvalue weighted by Gasteiger charge is -2.26. The van der Waals surface area contributed by atoms with E-state index in [-0.39, 0.29) is 0 Å². The Bertz CT molecular complexity index is 3170. The number of furan rings is 1. The van der Waals surface area contributed by atoms with Gasteiger partial charge in [-0.2, -0.15) is 0 Å². The van der Waals surface area contributed by atoms with Crippen LogP contribution in [0.1, 0.15) is 0 Å². The standard InChI is InChI=1S/C51H32N4OS/c1-4-13-33(14-5-1)34-23-26-38(27-24-34)55(44-21-12-20-43-42-19-10-11-22-47(42)57-48(43)44)39-28-30-41-40-29-25-37(31-45(40)56-46(41)32-39)51-53-49(35-15-6-2-7-16-35)52-50(54-51)36-17-8-3-9-18-36/h1-32H. The molecule has 0 atom stereocenters. The summed E-state index contributed by atoms with van der Waals surface area (Å²) in [5.74, 6) is 1.84. The maximum Gasteiger partial charge on any atom is 0.164 e. The van der Waals surface area contributed by atoms with Crippen molar-refractivity contribution in [2.24, 2.45) is 0 Å². The van der Waals surface area contributed by atoms with E-state index in [9.17, 15) is 0 Å². The van der Waals surface area contributed by atoms with Crippen molar-refractivity contribution in [1.29, 1.82) is 0 Å². The molecule has 11 rings (SSSR count). The van der Waals surface area contributed by atoms with Crippen LogP contribution in [-0.2, 0) is 0 Å². The van der Waals surface area contributed by atoms with E-state index in [0.29, 0.717) is 17.5 Å². The van der Waals surface area contributed by atoms with Crippen LogP contribution in [0.5, 0.6) is 0 Å². The molecule has 8 aromatic carbocycles. The third kappa shape index (κ3) is 5.91. The number of hydrogen-bond donors (Lipinski definition) is 0. The van der Waals surface area contributed by atoms with E-state index in [4.69, 9.17) is 19.4 Å². The van der Waals surface area contributed by atoms with Gasteiger partial charge in [0.15, 0.2) is 17.5 Å². The van der Waals surface area contributed by atoms with Crippen molar-refractivity contribution in [3.8, 4) is 45.3 Å². The summed E-state index contributed by atoms with van der Waals surface area (Å²) in [6, 6.07) is 67.5. The molecular formula is C51H32N4OS. The fourth-order valence-electron chi connectivity index (χ4n) is 7.75. The molecule has 0 saturated heterocycles. The van der Waals surface area contributed by atoms with Crippen molar-refractivity contribution in [2.45, 2.75) is 0 Å². The van der Waals surface area contributed by atoms with E-state index in [1.807, 2.05) is 78.1 Å². The van der Waals surface area contributed by atoms with Gasteiger partial charge in [0.05, 0.1) is 10.4 Å². The Balaban J connectivity index is 1.04. The quantitative estimate of drug-likeness (QED) is 0.162. The van der Waals surface area contributed by atoms with Crippen molar-refractivity contribution in [2.75, 3.05) is 4.90 Å². The van der Waals surface area contributed by atoms with Crippen molar-refractivity contribution < 1.29 is 4.42 Å². The second kappa shape index (κ2) is 13.7. The van der Waals surface area contributed by atoms with Gasteiger partial charge in [-0.3, -0.25) is 0 Å². The van der Waals surface area contributed by atoms with Crippen LogP contribution in [0.25, 0.3) is 87.4 Å². The predicted octanol–water partition coefficient (Wildman–Crippen LogP) is 14.3. The SMILES string of the molecule is c1ccc(-c2ccc(N(c3ccc4c(c3)oc3cc(-c5nc(-c6ccccc6)nc(-c6ccccc6)n5)ccc34)c3cccc4c3sc3ccccc34)cc2)cc1. The summed E-state index contributed by atoms with van der Waals surface area (Å²) < 4.78 is 9.23. The molecule has 0 aliphatic rings. The molecule has 5 nitrogen and oxygen atoms in total. The zero-order chi connectivity index (χ0) is 37.7. The Morgan fingerprint density at radius 2 is 0.877 bits per heavy atom. The molecule has 268 valence electrons. The smallest absolute Gasteiger partial charge is 0.164 e. The number of nitrogens with zero attached hydrogens (tertiary/aromatic N) is 4. The minimum atomic E-state index is 0.590. The zero-order valence-electron chi connectivity index (χ0n) is 30.6. The van der Waals surface area contributed by atoms with Crippen molar-refractivity contribution in [3.63, 3.8) is 0 Å². The summed E-state index contributed by atoms with van der Waals surface area (Å²) in [6.07, 6.45) is 0. The molecule has 0 saturated carbocycles. The molecule has 6 heteroatoms. The topological polar surface area (TPSA) is 55.1 Å². The maximum atomic E-state index is 6.72. The van der Waals surface area contributed by atoms with Gasteiger partial charge in [0.1, 0.15) is 11.2 Å². The third-order valence-corrected chi connectivity index (χ3v) is 11.7. The predicted molar refractivity (Wildman–Crippen MR) is 236 cm³/mol. The van der Waals surface area contributed by atoms with E-state index in [1.54, 1.807) is 0 Å². The number of thiophene rings is 1. The van der Waals surface area contributed by atoms with E-state index < -0.39 is 0 Å². The van der Waals surface area contributed by atoms with E-state index >= 15 is 0 Å². The molecule has 3 aromatic heterocycles. The number of rotatable bonds is 7. The highest BCUT2D eigenvalue weighted by molar-refractivity contribution is 7.26. The summed E-state index contributed by atoms with van der Waals surface area (Å²) in [4.78, 5) is 17.1. The van der Waals surface area contributed by atoms with Gasteiger partial charge in [-0.1, -0.05) is 140 Å². The highest BCUT2D eigenvalue weighted by Gasteiger charge is 2.20. The average molecular weight is 749 g/mol. The minimum absolute atomic E-state index is 0.590. The van der Waals surface area contributed by atoms with E-state index in [0.717, 1.165) is 55.7 Å². The monoisotopic (exact) mass is 748 g/mol. The molecular weight excluding hydrogens is 717 g/mol. The number of anilines is 3. The van der Waals surface area contributed by atoms with Crippen LogP contribution in [0.4, 0.5) is 17.1 Å². The zero-order valence-corrected chi connectivity index (χ0v) is 31.4. The van der Waals surface area contributed by atoms with Crippen LogP contribution < -0.4 is 4.90 Å². The third-order valence-electron chi connectivity index (χ3n) is 10.5. The second-order valence-electron chi connectivity index (χ2n) is 14.0. The molecule has 0 bridgehead atoms. The van der Waals surface area contributed by atoms with Gasteiger partial charge in [-0.25, -0.2) is 15.0 Å². The fourth-order valence-corrected chi connectivity index (χ4v) is 8.96. The first-order valence-corrected chi connectivity index (χ1v) is 19.7. The van der Waals surface area contributed by atoms with Gasteiger partial charge in [0.25, 0.3) is 0 Å². The highest BCUT2D eigenvalue weighted by atomic mass is 32.1. The Labute approximate surface area is 332 Å². The summed E-state index contributed by atoms with van der Waals surface area (Å²) in [5.41, 5.74) is 9.86. The molecule has 0 radical (unpaired) electrons. The lowest BCUT2D eigenvalue weighted by molar-refractivity contribution is 0.669.